The van der Waals surface area contributed by atoms with Crippen LogP contribution in [0.3, 0.4) is 0 Å². The highest BCUT2D eigenvalue weighted by molar-refractivity contribution is 5.87. The molecule has 14 nitrogen and oxygen atoms in total. The third-order valence-electron chi connectivity index (χ3n) is 5.90. The second-order valence-corrected chi connectivity index (χ2v) is 8.27. The zero-order valence-electron chi connectivity index (χ0n) is 19.2. The van der Waals surface area contributed by atoms with Gasteiger partial charge < -0.3 is 64.5 Å². The molecular weight excluding hydrogens is 488 g/mol. The molecule has 202 valence electrons. The first kappa shape index (κ1) is 28.2. The first-order valence-electron chi connectivity index (χ1n) is 10.9. The Balaban J connectivity index is 1.63. The smallest absolute Gasteiger partial charge is 0.330 e. The summed E-state index contributed by atoms with van der Waals surface area (Å²) in [5.41, 5.74) is 0.515. The Morgan fingerprint density at radius 2 is 1.78 bits per heavy atom. The molecule has 3 rings (SSSR count). The van der Waals surface area contributed by atoms with Gasteiger partial charge >= 0.3 is 5.97 Å². The molecule has 2 aliphatic heterocycles. The van der Waals surface area contributed by atoms with Crippen molar-refractivity contribution in [3.05, 3.63) is 29.8 Å². The lowest BCUT2D eigenvalue weighted by Gasteiger charge is -2.43. The lowest BCUT2D eigenvalue weighted by atomic mass is 9.99. The summed E-state index contributed by atoms with van der Waals surface area (Å²) in [6, 6.07) is 4.37. The normalized spacial score (nSPS) is 36.8. The third-order valence-corrected chi connectivity index (χ3v) is 5.90. The molecule has 2 saturated heterocycles. The van der Waals surface area contributed by atoms with Gasteiger partial charge in [0.1, 0.15) is 55.9 Å². The lowest BCUT2D eigenvalue weighted by molar-refractivity contribution is -0.383. The van der Waals surface area contributed by atoms with E-state index in [4.69, 9.17) is 23.7 Å². The van der Waals surface area contributed by atoms with Crippen LogP contribution in [0, 0.1) is 0 Å². The predicted molar refractivity (Wildman–Crippen MR) is 116 cm³/mol. The summed E-state index contributed by atoms with van der Waals surface area (Å²) in [6.45, 7) is -2.36. The number of benzene rings is 1. The first-order valence-corrected chi connectivity index (χ1v) is 10.9. The molecule has 14 heteroatoms. The molecule has 0 aromatic heterocycles. The Bertz CT molecular complexity index is 922. The number of methoxy groups -OCH3 is 1. The van der Waals surface area contributed by atoms with Crippen molar-refractivity contribution in [2.75, 3.05) is 26.9 Å². The molecule has 1 aromatic carbocycles. The average molecular weight is 518 g/mol. The maximum atomic E-state index is 12.1. The highest BCUT2D eigenvalue weighted by Gasteiger charge is 2.58. The maximum absolute atomic E-state index is 12.1. The van der Waals surface area contributed by atoms with E-state index in [1.54, 1.807) is 0 Å². The van der Waals surface area contributed by atoms with E-state index in [-0.39, 0.29) is 11.5 Å². The number of aliphatic hydroxyl groups is 7. The monoisotopic (exact) mass is 518 g/mol. The summed E-state index contributed by atoms with van der Waals surface area (Å²) >= 11 is 0. The van der Waals surface area contributed by atoms with Gasteiger partial charge in [-0.3, -0.25) is 0 Å². The number of carbonyl (C=O) groups excluding carboxylic acids is 1. The van der Waals surface area contributed by atoms with Gasteiger partial charge in [0.25, 0.3) is 0 Å². The Morgan fingerprint density at radius 1 is 1.06 bits per heavy atom. The summed E-state index contributed by atoms with van der Waals surface area (Å²) in [7, 11) is 1.37. The van der Waals surface area contributed by atoms with Gasteiger partial charge in [0, 0.05) is 6.08 Å². The molecule has 0 aliphatic carbocycles. The van der Waals surface area contributed by atoms with Gasteiger partial charge in [-0.2, -0.15) is 0 Å². The molecule has 36 heavy (non-hydrogen) atoms. The lowest BCUT2D eigenvalue weighted by Crippen LogP contribution is -2.62. The molecule has 0 spiro atoms. The zero-order chi connectivity index (χ0) is 26.6. The van der Waals surface area contributed by atoms with Crippen LogP contribution < -0.4 is 4.74 Å². The van der Waals surface area contributed by atoms with Crippen LogP contribution in [-0.4, -0.2) is 129 Å². The molecule has 0 unspecified atom stereocenters. The summed E-state index contributed by atoms with van der Waals surface area (Å²) < 4.78 is 26.0. The van der Waals surface area contributed by atoms with Gasteiger partial charge in [0.05, 0.1) is 13.7 Å². The number of rotatable bonds is 9. The quantitative estimate of drug-likeness (QED) is 0.118. The number of esters is 1. The van der Waals surface area contributed by atoms with Crippen molar-refractivity contribution < 1.29 is 69.3 Å². The second kappa shape index (κ2) is 11.8. The van der Waals surface area contributed by atoms with Gasteiger partial charge in [-0.15, -0.1) is 0 Å². The molecule has 0 bridgehead atoms. The van der Waals surface area contributed by atoms with Crippen LogP contribution in [0.4, 0.5) is 0 Å². The van der Waals surface area contributed by atoms with Crippen molar-refractivity contribution in [2.45, 2.75) is 54.8 Å². The van der Waals surface area contributed by atoms with E-state index in [1.165, 1.54) is 31.4 Å². The second-order valence-electron chi connectivity index (χ2n) is 8.27. The molecule has 8 N–H and O–H groups in total. The number of aliphatic hydroxyl groups excluding tert-OH is 7. The minimum absolute atomic E-state index is 0.0820. The van der Waals surface area contributed by atoms with Gasteiger partial charge in [-0.25, -0.2) is 4.79 Å². The van der Waals surface area contributed by atoms with Gasteiger partial charge in [0.15, 0.2) is 17.8 Å². The Hall–Kier alpha value is -2.37. The molecule has 1 aromatic rings. The van der Waals surface area contributed by atoms with Crippen molar-refractivity contribution >= 4 is 12.0 Å². The van der Waals surface area contributed by atoms with E-state index < -0.39 is 80.6 Å². The van der Waals surface area contributed by atoms with Crippen molar-refractivity contribution in [3.8, 4) is 11.5 Å². The Labute approximate surface area is 205 Å². The van der Waals surface area contributed by atoms with E-state index in [1.807, 2.05) is 0 Å². The van der Waals surface area contributed by atoms with E-state index >= 15 is 0 Å². The SMILES string of the molecule is COc1cc(/C=C/C(=O)OC[C@H]2O[C@](CO)(O[C@H]3O[C@@H](CO)[C@H](O)[C@@H](O)[C@@H]3O)[C@H](O)[C@H]2O)ccc1O. The van der Waals surface area contributed by atoms with Crippen LogP contribution in [0.2, 0.25) is 0 Å². The largest absolute Gasteiger partial charge is 0.504 e. The summed E-state index contributed by atoms with van der Waals surface area (Å²) in [5, 5.41) is 79.6. The fourth-order valence-corrected chi connectivity index (χ4v) is 3.79. The highest BCUT2D eigenvalue weighted by Crippen LogP contribution is 2.36. The van der Waals surface area contributed by atoms with Gasteiger partial charge in [-0.05, 0) is 23.8 Å². The maximum Gasteiger partial charge on any atom is 0.330 e. The van der Waals surface area contributed by atoms with Crippen LogP contribution in [0.5, 0.6) is 11.5 Å². The van der Waals surface area contributed by atoms with E-state index in [2.05, 4.69) is 0 Å². The number of hydrogen-bond donors (Lipinski definition) is 8. The Morgan fingerprint density at radius 3 is 2.42 bits per heavy atom. The van der Waals surface area contributed by atoms with Gasteiger partial charge in [-0.1, -0.05) is 6.07 Å². The number of hydrogen-bond acceptors (Lipinski definition) is 14. The fourth-order valence-electron chi connectivity index (χ4n) is 3.79. The van der Waals surface area contributed by atoms with Crippen molar-refractivity contribution in [1.82, 2.24) is 0 Å². The van der Waals surface area contributed by atoms with Crippen LogP contribution in [0.1, 0.15) is 5.56 Å². The van der Waals surface area contributed by atoms with Crippen molar-refractivity contribution in [2.24, 2.45) is 0 Å². The number of ether oxygens (including phenoxy) is 5. The van der Waals surface area contributed by atoms with E-state index in [9.17, 15) is 45.6 Å². The molecule has 0 amide bonds. The predicted octanol–water partition coefficient (Wildman–Crippen LogP) is -3.42. The fraction of sp³-hybridized carbons (Fsp3) is 0.591. The first-order chi connectivity index (χ1) is 17.1. The molecule has 2 heterocycles. The van der Waals surface area contributed by atoms with Crippen molar-refractivity contribution in [1.29, 1.82) is 0 Å². The van der Waals surface area contributed by atoms with Crippen LogP contribution >= 0.6 is 0 Å². The molecule has 9 atom stereocenters. The number of carbonyl (C=O) groups is 1. The Kier molecular flexibility index (Phi) is 9.23. The summed E-state index contributed by atoms with van der Waals surface area (Å²) in [4.78, 5) is 12.1. The minimum Gasteiger partial charge on any atom is -0.504 e. The van der Waals surface area contributed by atoms with Crippen molar-refractivity contribution in [3.63, 3.8) is 0 Å². The van der Waals surface area contributed by atoms with E-state index in [0.717, 1.165) is 6.08 Å². The molecule has 2 fully saturated rings. The zero-order valence-corrected chi connectivity index (χ0v) is 19.2. The number of phenolic OH excluding ortho intramolecular Hbond substituents is 1. The topological polar surface area (TPSA) is 225 Å². The van der Waals surface area contributed by atoms with Gasteiger partial charge in [0.2, 0.25) is 5.79 Å². The molecule has 0 radical (unpaired) electrons. The van der Waals surface area contributed by atoms with Crippen LogP contribution in [0.15, 0.2) is 24.3 Å². The molecule has 0 saturated carbocycles. The highest BCUT2D eigenvalue weighted by atomic mass is 16.8. The molecular formula is C22H30O14. The summed E-state index contributed by atoms with van der Waals surface area (Å²) in [5.74, 6) is -3.09. The average Bonchev–Trinajstić information content (AvgIpc) is 3.12. The minimum atomic E-state index is -2.36. The number of aromatic hydroxyl groups is 1. The molecule has 2 aliphatic rings. The van der Waals surface area contributed by atoms with Crippen LogP contribution in [0.25, 0.3) is 6.08 Å². The van der Waals surface area contributed by atoms with Crippen LogP contribution in [-0.2, 0) is 23.7 Å². The number of phenols is 1. The van der Waals surface area contributed by atoms with E-state index in [0.29, 0.717) is 5.56 Å². The summed E-state index contributed by atoms with van der Waals surface area (Å²) in [6.07, 6.45) is -11.0. The standard InChI is InChI=1S/C22H30O14/c1-32-12-6-10(2-4-11(12)25)3-5-15(26)33-8-14-17(28)20(31)22(9-24,35-14)36-21-19(30)18(29)16(27)13(7-23)34-21/h2-6,13-14,16-21,23-25,27-31H,7-9H2,1H3/b5-3+/t13-,14+,16-,17-,18+,19-,20+,21+,22+/m0/s1. The third kappa shape index (κ3) is 5.78.